The van der Waals surface area contributed by atoms with E-state index in [1.165, 1.54) is 14.2 Å². The Hall–Kier alpha value is -2.70. The van der Waals surface area contributed by atoms with E-state index in [0.29, 0.717) is 26.2 Å². The minimum Gasteiger partial charge on any atom is -0.468 e. The minimum atomic E-state index is -0.727. The minimum absolute atomic E-state index is 0.427. The fourth-order valence-electron chi connectivity index (χ4n) is 3.72. The van der Waals surface area contributed by atoms with Gasteiger partial charge in [-0.05, 0) is 11.1 Å². The lowest BCUT2D eigenvalue weighted by atomic mass is 9.99. The van der Waals surface area contributed by atoms with E-state index in [1.807, 2.05) is 70.5 Å². The van der Waals surface area contributed by atoms with Gasteiger partial charge in [-0.2, -0.15) is 0 Å². The Kier molecular flexibility index (Phi) is 6.79. The highest BCUT2D eigenvalue weighted by Gasteiger charge is 2.46. The number of hydrogen-bond donors (Lipinski definition) is 0. The summed E-state index contributed by atoms with van der Waals surface area (Å²) in [4.78, 5) is 29.4. The summed E-state index contributed by atoms with van der Waals surface area (Å²) in [5.74, 6) is -0.854. The van der Waals surface area contributed by atoms with Gasteiger partial charge in [0.2, 0.25) is 0 Å². The van der Waals surface area contributed by atoms with Crippen molar-refractivity contribution >= 4 is 11.9 Å². The summed E-state index contributed by atoms with van der Waals surface area (Å²) in [7, 11) is 2.71. The maximum atomic E-state index is 12.7. The highest BCUT2D eigenvalue weighted by atomic mass is 16.5. The van der Waals surface area contributed by atoms with Crippen molar-refractivity contribution in [1.82, 2.24) is 9.80 Å². The van der Waals surface area contributed by atoms with Crippen LogP contribution >= 0.6 is 0 Å². The van der Waals surface area contributed by atoms with Crippen LogP contribution in [-0.4, -0.2) is 61.1 Å². The zero-order chi connectivity index (χ0) is 19.9. The van der Waals surface area contributed by atoms with Gasteiger partial charge in [0.1, 0.15) is 12.1 Å². The zero-order valence-electron chi connectivity index (χ0n) is 16.3. The molecule has 0 N–H and O–H groups in total. The van der Waals surface area contributed by atoms with E-state index in [2.05, 4.69) is 0 Å². The number of hydrogen-bond acceptors (Lipinski definition) is 6. The molecule has 0 unspecified atom stereocenters. The first kappa shape index (κ1) is 20.0. The van der Waals surface area contributed by atoms with Crippen molar-refractivity contribution in [3.05, 3.63) is 71.8 Å². The summed E-state index contributed by atoms with van der Waals surface area (Å²) in [6.45, 7) is 2.42. The maximum absolute atomic E-state index is 12.7. The van der Waals surface area contributed by atoms with Crippen molar-refractivity contribution in [3.63, 3.8) is 0 Å². The predicted octanol–water partition coefficient (Wildman–Crippen LogP) is 2.09. The maximum Gasteiger partial charge on any atom is 0.325 e. The monoisotopic (exact) mass is 382 g/mol. The molecule has 1 saturated heterocycles. The second-order valence-corrected chi connectivity index (χ2v) is 6.85. The van der Waals surface area contributed by atoms with Gasteiger partial charge in [0.05, 0.1) is 14.2 Å². The van der Waals surface area contributed by atoms with Crippen LogP contribution in [0.2, 0.25) is 0 Å². The molecule has 1 heterocycles. The Balaban J connectivity index is 1.89. The Bertz CT molecular complexity index is 714. The number of rotatable bonds is 6. The third-order valence-electron chi connectivity index (χ3n) is 5.10. The molecule has 148 valence electrons. The smallest absolute Gasteiger partial charge is 0.325 e. The molecule has 6 heteroatoms. The molecule has 0 radical (unpaired) electrons. The van der Waals surface area contributed by atoms with Gasteiger partial charge >= 0.3 is 11.9 Å². The van der Waals surface area contributed by atoms with Gasteiger partial charge < -0.3 is 9.47 Å². The molecule has 1 aliphatic heterocycles. The second-order valence-electron chi connectivity index (χ2n) is 6.85. The van der Waals surface area contributed by atoms with E-state index in [-0.39, 0.29) is 0 Å². The van der Waals surface area contributed by atoms with Crippen molar-refractivity contribution < 1.29 is 19.1 Å². The molecule has 0 bridgehead atoms. The topological polar surface area (TPSA) is 59.1 Å². The van der Waals surface area contributed by atoms with Crippen molar-refractivity contribution in [2.45, 2.75) is 25.2 Å². The van der Waals surface area contributed by atoms with Gasteiger partial charge in [-0.1, -0.05) is 60.7 Å². The number of methoxy groups -OCH3 is 2. The average Bonchev–Trinajstić information content (AvgIpc) is 2.74. The summed E-state index contributed by atoms with van der Waals surface area (Å²) >= 11 is 0. The van der Waals surface area contributed by atoms with Crippen molar-refractivity contribution in [3.8, 4) is 0 Å². The molecule has 1 fully saturated rings. The van der Waals surface area contributed by atoms with Gasteiger partial charge in [0, 0.05) is 26.2 Å². The van der Waals surface area contributed by atoms with Crippen molar-refractivity contribution in [1.29, 1.82) is 0 Å². The molecule has 0 amide bonds. The lowest BCUT2D eigenvalue weighted by Gasteiger charge is -2.44. The van der Waals surface area contributed by atoms with Crippen LogP contribution in [0.5, 0.6) is 0 Å². The number of benzene rings is 2. The van der Waals surface area contributed by atoms with Gasteiger partial charge in [0.25, 0.3) is 0 Å². The van der Waals surface area contributed by atoms with Crippen LogP contribution in [0, 0.1) is 0 Å². The molecule has 3 rings (SSSR count). The third kappa shape index (κ3) is 4.58. The van der Waals surface area contributed by atoms with Crippen LogP contribution in [0.3, 0.4) is 0 Å². The van der Waals surface area contributed by atoms with E-state index in [0.717, 1.165) is 11.1 Å². The predicted molar refractivity (Wildman–Crippen MR) is 105 cm³/mol. The van der Waals surface area contributed by atoms with E-state index in [1.54, 1.807) is 0 Å². The number of nitrogens with zero attached hydrogens (tertiary/aromatic N) is 2. The molecule has 6 nitrogen and oxygen atoms in total. The molecule has 2 atom stereocenters. The molecule has 0 aliphatic carbocycles. The second kappa shape index (κ2) is 9.48. The Morgan fingerprint density at radius 1 is 0.750 bits per heavy atom. The molecule has 28 heavy (non-hydrogen) atoms. The van der Waals surface area contributed by atoms with Gasteiger partial charge in [-0.15, -0.1) is 0 Å². The molecule has 1 aliphatic rings. The summed E-state index contributed by atoms with van der Waals surface area (Å²) < 4.78 is 10.1. The van der Waals surface area contributed by atoms with Crippen LogP contribution in [0.1, 0.15) is 11.1 Å². The first-order valence-electron chi connectivity index (χ1n) is 9.35. The van der Waals surface area contributed by atoms with E-state index >= 15 is 0 Å². The van der Waals surface area contributed by atoms with Crippen molar-refractivity contribution in [2.75, 3.05) is 27.3 Å². The van der Waals surface area contributed by atoms with Gasteiger partial charge in [-0.25, -0.2) is 0 Å². The van der Waals surface area contributed by atoms with Crippen LogP contribution in [0.15, 0.2) is 60.7 Å². The fourth-order valence-corrected chi connectivity index (χ4v) is 3.72. The SMILES string of the molecule is COC(=O)[C@H]1[C@H](C(=O)OC)N(Cc2ccccc2)CCN1Cc1ccccc1. The molecular weight excluding hydrogens is 356 g/mol. The van der Waals surface area contributed by atoms with E-state index in [9.17, 15) is 9.59 Å². The summed E-state index contributed by atoms with van der Waals surface area (Å²) in [5.41, 5.74) is 2.16. The third-order valence-corrected chi connectivity index (χ3v) is 5.10. The van der Waals surface area contributed by atoms with Crippen LogP contribution in [0.25, 0.3) is 0 Å². The summed E-state index contributed by atoms with van der Waals surface area (Å²) in [6.07, 6.45) is 0. The molecule has 0 spiro atoms. The lowest BCUT2D eigenvalue weighted by Crippen LogP contribution is -2.64. The average molecular weight is 382 g/mol. The van der Waals surface area contributed by atoms with Crippen LogP contribution in [-0.2, 0) is 32.2 Å². The van der Waals surface area contributed by atoms with Crippen molar-refractivity contribution in [2.24, 2.45) is 0 Å². The molecular formula is C22H26N2O4. The largest absolute Gasteiger partial charge is 0.468 e. The van der Waals surface area contributed by atoms with Gasteiger partial charge in [0.15, 0.2) is 0 Å². The van der Waals surface area contributed by atoms with E-state index in [4.69, 9.17) is 9.47 Å². The van der Waals surface area contributed by atoms with Crippen LogP contribution < -0.4 is 0 Å². The normalized spacial score (nSPS) is 20.5. The molecule has 2 aromatic rings. The number of carbonyl (C=O) groups excluding carboxylic acids is 2. The fraction of sp³-hybridized carbons (Fsp3) is 0.364. The number of esters is 2. The quantitative estimate of drug-likeness (QED) is 0.713. The standard InChI is InChI=1S/C22H26N2O4/c1-27-21(25)19-20(22(26)28-2)24(16-18-11-7-4-8-12-18)14-13-23(19)15-17-9-5-3-6-10-17/h3-12,19-20H,13-16H2,1-2H3/t19-,20-/m1/s1. The summed E-state index contributed by atoms with van der Waals surface area (Å²) in [5, 5.41) is 0. The van der Waals surface area contributed by atoms with Crippen LogP contribution in [0.4, 0.5) is 0 Å². The first-order valence-corrected chi connectivity index (χ1v) is 9.35. The molecule has 0 saturated carbocycles. The number of piperazine rings is 1. The molecule has 2 aromatic carbocycles. The van der Waals surface area contributed by atoms with E-state index < -0.39 is 24.0 Å². The number of ether oxygens (including phenoxy) is 2. The Morgan fingerprint density at radius 3 is 1.43 bits per heavy atom. The van der Waals surface area contributed by atoms with Gasteiger partial charge in [-0.3, -0.25) is 19.4 Å². The molecule has 0 aromatic heterocycles. The zero-order valence-corrected chi connectivity index (χ0v) is 16.3. The highest BCUT2D eigenvalue weighted by Crippen LogP contribution is 2.24. The first-order chi connectivity index (χ1) is 13.6. The lowest BCUT2D eigenvalue weighted by molar-refractivity contribution is -0.166. The highest BCUT2D eigenvalue weighted by molar-refractivity contribution is 5.87. The number of carbonyl (C=O) groups is 2. The Labute approximate surface area is 165 Å². The Morgan fingerprint density at radius 2 is 1.11 bits per heavy atom. The summed E-state index contributed by atoms with van der Waals surface area (Å²) in [6, 6.07) is 18.4.